The van der Waals surface area contributed by atoms with E-state index in [0.29, 0.717) is 42.5 Å². The van der Waals surface area contributed by atoms with Crippen molar-refractivity contribution in [3.8, 4) is 17.2 Å². The molecule has 0 saturated carbocycles. The molecule has 1 heterocycles. The first-order valence-corrected chi connectivity index (χ1v) is 10.2. The lowest BCUT2D eigenvalue weighted by atomic mass is 10.1. The van der Waals surface area contributed by atoms with Crippen LogP contribution in [-0.2, 0) is 9.59 Å². The molecule has 3 rings (SSSR count). The molecule has 164 valence electrons. The van der Waals surface area contributed by atoms with Crippen LogP contribution in [-0.4, -0.2) is 37.4 Å². The van der Waals surface area contributed by atoms with E-state index in [2.05, 4.69) is 10.6 Å². The SMILES string of the molecule is CCCC(=O)Nc1ccc(OCC(=O)Nc2ccc3c(c2)OCCCO3)c(C(C)=O)c1. The van der Waals surface area contributed by atoms with Crippen molar-refractivity contribution in [1.82, 2.24) is 0 Å². The van der Waals surface area contributed by atoms with Crippen LogP contribution in [0.5, 0.6) is 17.2 Å². The molecular formula is C23H26N2O6. The molecule has 0 unspecified atom stereocenters. The Bertz CT molecular complexity index is 973. The van der Waals surface area contributed by atoms with Crippen LogP contribution in [0.4, 0.5) is 11.4 Å². The largest absolute Gasteiger partial charge is 0.490 e. The number of benzene rings is 2. The van der Waals surface area contributed by atoms with Crippen LogP contribution in [0.25, 0.3) is 0 Å². The molecule has 2 aromatic carbocycles. The molecule has 0 bridgehead atoms. The Balaban J connectivity index is 1.62. The van der Waals surface area contributed by atoms with Gasteiger partial charge in [-0.25, -0.2) is 0 Å². The van der Waals surface area contributed by atoms with Gasteiger partial charge in [0.15, 0.2) is 23.9 Å². The molecule has 0 radical (unpaired) electrons. The third-order valence-electron chi connectivity index (χ3n) is 4.51. The summed E-state index contributed by atoms with van der Waals surface area (Å²) in [5, 5.41) is 5.49. The van der Waals surface area contributed by atoms with Crippen molar-refractivity contribution in [3.63, 3.8) is 0 Å². The Kier molecular flexibility index (Phi) is 7.48. The van der Waals surface area contributed by atoms with Crippen molar-refractivity contribution < 1.29 is 28.6 Å². The van der Waals surface area contributed by atoms with Crippen molar-refractivity contribution in [2.24, 2.45) is 0 Å². The van der Waals surface area contributed by atoms with E-state index in [1.54, 1.807) is 36.4 Å². The molecule has 0 saturated heterocycles. The molecule has 8 heteroatoms. The fraction of sp³-hybridized carbons (Fsp3) is 0.348. The molecule has 8 nitrogen and oxygen atoms in total. The third kappa shape index (κ3) is 6.21. The Labute approximate surface area is 180 Å². The number of anilines is 2. The second-order valence-corrected chi connectivity index (χ2v) is 7.11. The number of carbonyl (C=O) groups excluding carboxylic acids is 3. The standard InChI is InChI=1S/C23H26N2O6/c1-3-5-22(27)24-16-6-8-19(18(12-16)15(2)26)31-14-23(28)25-17-7-9-20-21(13-17)30-11-4-10-29-20/h6-9,12-13H,3-5,10-11,14H2,1-2H3,(H,24,27)(H,25,28). The number of ether oxygens (including phenoxy) is 3. The van der Waals surface area contributed by atoms with Crippen LogP contribution in [0.1, 0.15) is 43.5 Å². The number of ketones is 1. The predicted octanol–water partition coefficient (Wildman–Crippen LogP) is 3.81. The molecule has 0 atom stereocenters. The van der Waals surface area contributed by atoms with Gasteiger partial charge in [-0.15, -0.1) is 0 Å². The summed E-state index contributed by atoms with van der Waals surface area (Å²) in [6.45, 7) is 4.17. The minimum absolute atomic E-state index is 0.125. The van der Waals surface area contributed by atoms with E-state index in [0.717, 1.165) is 12.8 Å². The molecule has 2 N–H and O–H groups in total. The van der Waals surface area contributed by atoms with E-state index in [-0.39, 0.29) is 35.5 Å². The van der Waals surface area contributed by atoms with Gasteiger partial charge in [0.2, 0.25) is 5.91 Å². The first kappa shape index (κ1) is 22.1. The van der Waals surface area contributed by atoms with Crippen LogP contribution >= 0.6 is 0 Å². The molecule has 2 amide bonds. The zero-order valence-corrected chi connectivity index (χ0v) is 17.7. The number of rotatable bonds is 8. The van der Waals surface area contributed by atoms with E-state index < -0.39 is 0 Å². The number of fused-ring (bicyclic) bond motifs is 1. The fourth-order valence-corrected chi connectivity index (χ4v) is 3.04. The highest BCUT2D eigenvalue weighted by molar-refractivity contribution is 5.99. The molecule has 1 aliphatic heterocycles. The van der Waals surface area contributed by atoms with Crippen LogP contribution in [0.3, 0.4) is 0 Å². The summed E-state index contributed by atoms with van der Waals surface area (Å²) >= 11 is 0. The molecular weight excluding hydrogens is 400 g/mol. The Morgan fingerprint density at radius 3 is 2.35 bits per heavy atom. The lowest BCUT2D eigenvalue weighted by Crippen LogP contribution is -2.21. The van der Waals surface area contributed by atoms with Gasteiger partial charge in [-0.3, -0.25) is 14.4 Å². The van der Waals surface area contributed by atoms with Crippen LogP contribution < -0.4 is 24.8 Å². The van der Waals surface area contributed by atoms with E-state index >= 15 is 0 Å². The molecule has 0 fully saturated rings. The van der Waals surface area contributed by atoms with Crippen LogP contribution in [0, 0.1) is 0 Å². The van der Waals surface area contributed by atoms with Gasteiger partial charge >= 0.3 is 0 Å². The third-order valence-corrected chi connectivity index (χ3v) is 4.51. The summed E-state index contributed by atoms with van der Waals surface area (Å²) in [5.41, 5.74) is 1.35. The topological polar surface area (TPSA) is 103 Å². The lowest BCUT2D eigenvalue weighted by molar-refractivity contribution is -0.118. The van der Waals surface area contributed by atoms with Crippen molar-refractivity contribution >= 4 is 29.0 Å². The summed E-state index contributed by atoms with van der Waals surface area (Å²) in [6, 6.07) is 9.92. The fourth-order valence-electron chi connectivity index (χ4n) is 3.04. The summed E-state index contributed by atoms with van der Waals surface area (Å²) in [7, 11) is 0. The van der Waals surface area contributed by atoms with Crippen molar-refractivity contribution in [3.05, 3.63) is 42.0 Å². The monoisotopic (exact) mass is 426 g/mol. The lowest BCUT2D eigenvalue weighted by Gasteiger charge is -2.13. The average Bonchev–Trinajstić information content (AvgIpc) is 2.98. The molecule has 2 aromatic rings. The summed E-state index contributed by atoms with van der Waals surface area (Å²) in [4.78, 5) is 36.1. The maximum Gasteiger partial charge on any atom is 0.262 e. The smallest absolute Gasteiger partial charge is 0.262 e. The highest BCUT2D eigenvalue weighted by Gasteiger charge is 2.15. The van der Waals surface area contributed by atoms with Crippen LogP contribution in [0.15, 0.2) is 36.4 Å². The second kappa shape index (κ2) is 10.5. The van der Waals surface area contributed by atoms with Gasteiger partial charge in [0, 0.05) is 30.3 Å². The molecule has 0 aromatic heterocycles. The Morgan fingerprint density at radius 1 is 0.935 bits per heavy atom. The highest BCUT2D eigenvalue weighted by atomic mass is 16.5. The number of hydrogen-bond donors (Lipinski definition) is 2. The van der Waals surface area contributed by atoms with Gasteiger partial charge in [-0.2, -0.15) is 0 Å². The number of carbonyl (C=O) groups is 3. The van der Waals surface area contributed by atoms with E-state index in [4.69, 9.17) is 14.2 Å². The molecule has 1 aliphatic rings. The van der Waals surface area contributed by atoms with Gasteiger partial charge in [0.25, 0.3) is 5.91 Å². The van der Waals surface area contributed by atoms with Gasteiger partial charge in [0.1, 0.15) is 5.75 Å². The van der Waals surface area contributed by atoms with E-state index in [9.17, 15) is 14.4 Å². The van der Waals surface area contributed by atoms with E-state index in [1.165, 1.54) is 6.92 Å². The first-order chi connectivity index (χ1) is 15.0. The highest BCUT2D eigenvalue weighted by Crippen LogP contribution is 2.32. The van der Waals surface area contributed by atoms with Crippen molar-refractivity contribution in [2.75, 3.05) is 30.5 Å². The maximum atomic E-state index is 12.3. The van der Waals surface area contributed by atoms with Gasteiger partial charge in [-0.05, 0) is 43.7 Å². The zero-order chi connectivity index (χ0) is 22.2. The molecule has 0 spiro atoms. The number of amides is 2. The van der Waals surface area contributed by atoms with Gasteiger partial charge in [-0.1, -0.05) is 6.92 Å². The number of Topliss-reactive ketones (excluding diaryl/α,β-unsaturated/α-hetero) is 1. The minimum Gasteiger partial charge on any atom is -0.490 e. The normalized spacial score (nSPS) is 12.5. The Morgan fingerprint density at radius 2 is 1.61 bits per heavy atom. The summed E-state index contributed by atoms with van der Waals surface area (Å²) in [6.07, 6.45) is 1.92. The quantitative estimate of drug-likeness (QED) is 0.623. The van der Waals surface area contributed by atoms with Gasteiger partial charge in [0.05, 0.1) is 18.8 Å². The Hall–Kier alpha value is -3.55. The number of nitrogens with one attached hydrogen (secondary N) is 2. The summed E-state index contributed by atoms with van der Waals surface area (Å²) in [5.74, 6) is 0.754. The first-order valence-electron chi connectivity index (χ1n) is 10.2. The molecule has 31 heavy (non-hydrogen) atoms. The number of hydrogen-bond acceptors (Lipinski definition) is 6. The molecule has 0 aliphatic carbocycles. The van der Waals surface area contributed by atoms with Crippen molar-refractivity contribution in [2.45, 2.75) is 33.1 Å². The minimum atomic E-state index is -0.385. The van der Waals surface area contributed by atoms with Crippen LogP contribution in [0.2, 0.25) is 0 Å². The van der Waals surface area contributed by atoms with Crippen molar-refractivity contribution in [1.29, 1.82) is 0 Å². The average molecular weight is 426 g/mol. The van der Waals surface area contributed by atoms with Gasteiger partial charge < -0.3 is 24.8 Å². The maximum absolute atomic E-state index is 12.3. The zero-order valence-electron chi connectivity index (χ0n) is 17.7. The summed E-state index contributed by atoms with van der Waals surface area (Å²) < 4.78 is 16.8. The second-order valence-electron chi connectivity index (χ2n) is 7.11. The van der Waals surface area contributed by atoms with E-state index in [1.807, 2.05) is 6.92 Å². The predicted molar refractivity (Wildman–Crippen MR) is 116 cm³/mol.